The lowest BCUT2D eigenvalue weighted by Crippen LogP contribution is -2.27. The molecule has 0 atom stereocenters. The molecule has 0 saturated carbocycles. The molecule has 0 unspecified atom stereocenters. The van der Waals surface area contributed by atoms with E-state index in [0.717, 1.165) is 18.4 Å². The van der Waals surface area contributed by atoms with Crippen LogP contribution in [0.4, 0.5) is 0 Å². The lowest BCUT2D eigenvalue weighted by atomic mass is 10.3. The van der Waals surface area contributed by atoms with Crippen molar-refractivity contribution in [3.8, 4) is 0 Å². The highest BCUT2D eigenvalue weighted by Crippen LogP contribution is 2.05. The van der Waals surface area contributed by atoms with Crippen LogP contribution in [0.2, 0.25) is 6.04 Å². The van der Waals surface area contributed by atoms with Crippen molar-refractivity contribution in [1.82, 2.24) is 0 Å². The molecule has 0 aliphatic heterocycles. The van der Waals surface area contributed by atoms with Crippen LogP contribution in [0.5, 0.6) is 0 Å². The highest BCUT2D eigenvalue weighted by Gasteiger charge is 2.11. The van der Waals surface area contributed by atoms with Crippen LogP contribution in [0.25, 0.3) is 0 Å². The van der Waals surface area contributed by atoms with Gasteiger partial charge in [0.25, 0.3) is 0 Å². The van der Waals surface area contributed by atoms with Crippen molar-refractivity contribution < 1.29 is 9.47 Å². The van der Waals surface area contributed by atoms with Crippen LogP contribution < -0.4 is 0 Å². The van der Waals surface area contributed by atoms with E-state index in [1.165, 1.54) is 6.04 Å². The van der Waals surface area contributed by atoms with Crippen LogP contribution in [0.1, 0.15) is 13.8 Å². The molecule has 0 aliphatic carbocycles. The van der Waals surface area contributed by atoms with Gasteiger partial charge in [-0.3, -0.25) is 0 Å². The molecule has 68 valence electrons. The predicted octanol–water partition coefficient (Wildman–Crippen LogP) is 1.24. The number of rotatable bonds is 6. The molecule has 0 radical (unpaired) electrons. The summed E-state index contributed by atoms with van der Waals surface area (Å²) in [6.07, 6.45) is 1.90. The maximum atomic E-state index is 5.14. The van der Waals surface area contributed by atoms with Gasteiger partial charge in [-0.1, -0.05) is 19.9 Å². The first kappa shape index (κ1) is 11.1. The van der Waals surface area contributed by atoms with E-state index in [1.807, 2.05) is 0 Å². The molecule has 2 nitrogen and oxygen atoms in total. The van der Waals surface area contributed by atoms with Gasteiger partial charge in [-0.25, -0.2) is 0 Å². The van der Waals surface area contributed by atoms with Gasteiger partial charge in [0, 0.05) is 26.7 Å². The Kier molecular flexibility index (Phi) is 6.91. The van der Waals surface area contributed by atoms with Gasteiger partial charge in [-0.15, -0.1) is 0 Å². The molecular formula is C8H20O2Si. The molecule has 0 fully saturated rings. The van der Waals surface area contributed by atoms with Crippen molar-refractivity contribution >= 4 is 8.80 Å². The predicted molar refractivity (Wildman–Crippen MR) is 50.5 cm³/mol. The largest absolute Gasteiger partial charge is 0.388 e. The average molecular weight is 176 g/mol. The SMILES string of the molecule is COC[SiH](COC)CC(C)C. The third-order valence-corrected chi connectivity index (χ3v) is 4.83. The first-order chi connectivity index (χ1) is 5.20. The van der Waals surface area contributed by atoms with Gasteiger partial charge in [0.1, 0.15) is 0 Å². The summed E-state index contributed by atoms with van der Waals surface area (Å²) in [4.78, 5) is 0. The summed E-state index contributed by atoms with van der Waals surface area (Å²) in [6.45, 7) is 4.51. The van der Waals surface area contributed by atoms with Crippen LogP contribution in [0.3, 0.4) is 0 Å². The Labute approximate surface area is 71.5 Å². The van der Waals surface area contributed by atoms with Crippen LogP contribution in [0, 0.1) is 5.92 Å². The normalized spacial score (nSPS) is 11.5. The molecule has 0 bridgehead atoms. The molecule has 3 heteroatoms. The first-order valence-corrected chi connectivity index (χ1v) is 6.63. The number of hydrogen-bond donors (Lipinski definition) is 0. The van der Waals surface area contributed by atoms with E-state index in [9.17, 15) is 0 Å². The Morgan fingerprint density at radius 2 is 1.55 bits per heavy atom. The Morgan fingerprint density at radius 1 is 1.09 bits per heavy atom. The van der Waals surface area contributed by atoms with Gasteiger partial charge in [-0.2, -0.15) is 0 Å². The molecule has 0 heterocycles. The van der Waals surface area contributed by atoms with E-state index in [2.05, 4.69) is 13.8 Å². The van der Waals surface area contributed by atoms with E-state index in [1.54, 1.807) is 14.2 Å². The minimum Gasteiger partial charge on any atom is -0.388 e. The van der Waals surface area contributed by atoms with E-state index in [0.29, 0.717) is 0 Å². The molecule has 0 aromatic carbocycles. The van der Waals surface area contributed by atoms with Crippen molar-refractivity contribution in [2.24, 2.45) is 5.92 Å². The standard InChI is InChI=1S/C8H20O2Si/c1-8(2)5-11(6-9-3)7-10-4/h8,11H,5-7H2,1-4H3. The van der Waals surface area contributed by atoms with Crippen molar-refractivity contribution in [1.29, 1.82) is 0 Å². The van der Waals surface area contributed by atoms with Gasteiger partial charge in [0.2, 0.25) is 0 Å². The molecule has 0 N–H and O–H groups in total. The van der Waals surface area contributed by atoms with E-state index >= 15 is 0 Å². The topological polar surface area (TPSA) is 18.5 Å². The van der Waals surface area contributed by atoms with E-state index < -0.39 is 8.80 Å². The molecule has 0 rings (SSSR count). The fourth-order valence-corrected chi connectivity index (χ4v) is 3.97. The fourth-order valence-electron chi connectivity index (χ4n) is 1.32. The maximum Gasteiger partial charge on any atom is 0.0977 e. The fraction of sp³-hybridized carbons (Fsp3) is 1.00. The molecule has 0 aromatic rings. The van der Waals surface area contributed by atoms with Crippen molar-refractivity contribution in [2.45, 2.75) is 19.9 Å². The highest BCUT2D eigenvalue weighted by molar-refractivity contribution is 6.58. The second-order valence-electron chi connectivity index (χ2n) is 3.41. The zero-order chi connectivity index (χ0) is 8.69. The molecular weight excluding hydrogens is 156 g/mol. The van der Waals surface area contributed by atoms with Crippen molar-refractivity contribution in [3.05, 3.63) is 0 Å². The highest BCUT2D eigenvalue weighted by atomic mass is 28.3. The lowest BCUT2D eigenvalue weighted by Gasteiger charge is -2.14. The second-order valence-corrected chi connectivity index (χ2v) is 6.28. The number of methoxy groups -OCH3 is 2. The van der Waals surface area contributed by atoms with Gasteiger partial charge >= 0.3 is 0 Å². The van der Waals surface area contributed by atoms with E-state index in [-0.39, 0.29) is 0 Å². The average Bonchev–Trinajstić information content (AvgIpc) is 1.87. The number of hydrogen-bond acceptors (Lipinski definition) is 2. The number of ether oxygens (including phenoxy) is 2. The summed E-state index contributed by atoms with van der Waals surface area (Å²) < 4.78 is 10.3. The first-order valence-electron chi connectivity index (χ1n) is 4.18. The van der Waals surface area contributed by atoms with Crippen LogP contribution in [-0.2, 0) is 9.47 Å². The zero-order valence-electron chi connectivity index (χ0n) is 8.09. The summed E-state index contributed by atoms with van der Waals surface area (Å²) in [5, 5.41) is 0. The second kappa shape index (κ2) is 6.82. The van der Waals surface area contributed by atoms with Gasteiger partial charge in [0.15, 0.2) is 0 Å². The third-order valence-electron chi connectivity index (χ3n) is 1.61. The summed E-state index contributed by atoms with van der Waals surface area (Å²) in [6, 6.07) is 1.32. The Bertz CT molecular complexity index is 80.2. The molecule has 11 heavy (non-hydrogen) atoms. The van der Waals surface area contributed by atoms with Crippen LogP contribution >= 0.6 is 0 Å². The van der Waals surface area contributed by atoms with E-state index in [4.69, 9.17) is 9.47 Å². The van der Waals surface area contributed by atoms with Crippen molar-refractivity contribution in [2.75, 3.05) is 26.7 Å². The smallest absolute Gasteiger partial charge is 0.0977 e. The Balaban J connectivity index is 3.50. The summed E-state index contributed by atoms with van der Waals surface area (Å²) in [5.41, 5.74) is 0. The van der Waals surface area contributed by atoms with Crippen LogP contribution in [0.15, 0.2) is 0 Å². The minimum atomic E-state index is -0.736. The molecule has 0 saturated heterocycles. The molecule has 0 aliphatic rings. The van der Waals surface area contributed by atoms with Gasteiger partial charge < -0.3 is 9.47 Å². The molecule has 0 spiro atoms. The Hall–Kier alpha value is 0.137. The maximum absolute atomic E-state index is 5.14. The monoisotopic (exact) mass is 176 g/mol. The van der Waals surface area contributed by atoms with Crippen molar-refractivity contribution in [3.63, 3.8) is 0 Å². The van der Waals surface area contributed by atoms with Gasteiger partial charge in [0.05, 0.1) is 8.80 Å². The summed E-state index contributed by atoms with van der Waals surface area (Å²) in [5.74, 6) is 0.789. The van der Waals surface area contributed by atoms with Gasteiger partial charge in [-0.05, 0) is 5.92 Å². The van der Waals surface area contributed by atoms with Crippen LogP contribution in [-0.4, -0.2) is 35.5 Å². The zero-order valence-corrected chi connectivity index (χ0v) is 9.25. The third kappa shape index (κ3) is 6.53. The molecule has 0 aromatic heterocycles. The molecule has 0 amide bonds. The minimum absolute atomic E-state index is 0.736. The quantitative estimate of drug-likeness (QED) is 0.567. The lowest BCUT2D eigenvalue weighted by molar-refractivity contribution is 0.221. The summed E-state index contributed by atoms with van der Waals surface area (Å²) in [7, 11) is 2.81. The Morgan fingerprint density at radius 3 is 1.82 bits per heavy atom. The summed E-state index contributed by atoms with van der Waals surface area (Å²) >= 11 is 0.